The number of carbonyl (C=O) groups excluding carboxylic acids is 2. The fourth-order valence-electron chi connectivity index (χ4n) is 1.65. The Morgan fingerprint density at radius 1 is 1.56 bits per heavy atom. The van der Waals surface area contributed by atoms with Gasteiger partial charge >= 0.3 is 5.97 Å². The van der Waals surface area contributed by atoms with Crippen molar-refractivity contribution in [1.29, 1.82) is 0 Å². The highest BCUT2D eigenvalue weighted by molar-refractivity contribution is 9.10. The first-order chi connectivity index (χ1) is 8.50. The summed E-state index contributed by atoms with van der Waals surface area (Å²) in [6.45, 7) is -0.303. The Balaban J connectivity index is 2.28. The maximum atomic E-state index is 12.2. The molecule has 1 aromatic rings. The number of rotatable bonds is 2. The molecule has 2 amide bonds. The van der Waals surface area contributed by atoms with Gasteiger partial charge in [-0.2, -0.15) is 0 Å². The summed E-state index contributed by atoms with van der Waals surface area (Å²) in [5.74, 6) is -1.93. The normalized spacial score (nSPS) is 19.5. The van der Waals surface area contributed by atoms with Crippen LogP contribution in [0.1, 0.15) is 9.67 Å². The van der Waals surface area contributed by atoms with Gasteiger partial charge in [-0.15, -0.1) is 11.3 Å². The smallest absolute Gasteiger partial charge is 0.328 e. The van der Waals surface area contributed by atoms with Gasteiger partial charge in [-0.3, -0.25) is 9.59 Å². The molecule has 1 atom stereocenters. The topological polar surface area (TPSA) is 86.7 Å². The summed E-state index contributed by atoms with van der Waals surface area (Å²) in [5.41, 5.74) is 0. The van der Waals surface area contributed by atoms with Crippen LogP contribution < -0.4 is 5.32 Å². The molecule has 6 nitrogen and oxygen atoms in total. The zero-order valence-electron chi connectivity index (χ0n) is 9.05. The van der Waals surface area contributed by atoms with Crippen LogP contribution in [0.15, 0.2) is 15.9 Å². The van der Waals surface area contributed by atoms with Crippen LogP contribution in [0.3, 0.4) is 0 Å². The maximum absolute atomic E-state index is 12.2. The Kier molecular flexibility index (Phi) is 3.67. The van der Waals surface area contributed by atoms with Gasteiger partial charge in [-0.05, 0) is 27.4 Å². The number of amides is 2. The van der Waals surface area contributed by atoms with E-state index in [0.717, 1.165) is 4.90 Å². The third-order valence-corrected chi connectivity index (χ3v) is 4.37. The monoisotopic (exact) mass is 332 g/mol. The molecule has 1 aliphatic rings. The lowest BCUT2D eigenvalue weighted by atomic mass is 10.2. The van der Waals surface area contributed by atoms with E-state index >= 15 is 0 Å². The fourth-order valence-corrected chi connectivity index (χ4v) is 3.15. The number of nitrogens with one attached hydrogen (secondary N) is 1. The first-order valence-corrected chi connectivity index (χ1v) is 6.71. The van der Waals surface area contributed by atoms with E-state index in [9.17, 15) is 14.4 Å². The molecular weight excluding hydrogens is 324 g/mol. The largest absolute Gasteiger partial charge is 0.480 e. The molecule has 96 valence electrons. The predicted octanol–water partition coefficient (Wildman–Crippen LogP) is 0.536. The van der Waals surface area contributed by atoms with Crippen molar-refractivity contribution >= 4 is 45.1 Å². The molecule has 18 heavy (non-hydrogen) atoms. The van der Waals surface area contributed by atoms with Gasteiger partial charge in [0.05, 0.1) is 0 Å². The standard InChI is InChI=1S/C10H9BrN2O4S/c11-5-1-2-18-8(5)9(15)13-4-7(14)12-3-6(13)10(16)17/h1-2,6H,3-4H2,(H,12,14)(H,16,17). The molecule has 8 heteroatoms. The van der Waals surface area contributed by atoms with E-state index in [-0.39, 0.29) is 19.0 Å². The summed E-state index contributed by atoms with van der Waals surface area (Å²) in [4.78, 5) is 36.1. The van der Waals surface area contributed by atoms with Crippen LogP contribution in [0.2, 0.25) is 0 Å². The second-order valence-electron chi connectivity index (χ2n) is 3.69. The Morgan fingerprint density at radius 3 is 2.83 bits per heavy atom. The van der Waals surface area contributed by atoms with Crippen molar-refractivity contribution in [2.45, 2.75) is 6.04 Å². The molecule has 0 bridgehead atoms. The van der Waals surface area contributed by atoms with Crippen LogP contribution in [0.5, 0.6) is 0 Å². The van der Waals surface area contributed by atoms with E-state index in [0.29, 0.717) is 9.35 Å². The van der Waals surface area contributed by atoms with Gasteiger partial charge in [0.2, 0.25) is 5.91 Å². The van der Waals surface area contributed by atoms with Gasteiger partial charge in [-0.1, -0.05) is 0 Å². The molecular formula is C10H9BrN2O4S. The third kappa shape index (κ3) is 2.39. The van der Waals surface area contributed by atoms with Crippen LogP contribution in [0, 0.1) is 0 Å². The van der Waals surface area contributed by atoms with E-state index < -0.39 is 17.9 Å². The van der Waals surface area contributed by atoms with Crippen LogP contribution in [0.25, 0.3) is 0 Å². The minimum absolute atomic E-state index is 0.0666. The number of carbonyl (C=O) groups is 3. The number of hydrogen-bond acceptors (Lipinski definition) is 4. The van der Waals surface area contributed by atoms with Gasteiger partial charge in [0, 0.05) is 11.0 Å². The highest BCUT2D eigenvalue weighted by atomic mass is 79.9. The van der Waals surface area contributed by atoms with Crippen molar-refractivity contribution in [3.63, 3.8) is 0 Å². The summed E-state index contributed by atoms with van der Waals surface area (Å²) in [6, 6.07) is 0.682. The quantitative estimate of drug-likeness (QED) is 0.827. The SMILES string of the molecule is O=C1CN(C(=O)c2sccc2Br)C(C(=O)O)CN1. The minimum atomic E-state index is -1.13. The molecule has 2 heterocycles. The van der Waals surface area contributed by atoms with Gasteiger partial charge in [0.25, 0.3) is 5.91 Å². The molecule has 1 saturated heterocycles. The van der Waals surface area contributed by atoms with Gasteiger partial charge in [-0.25, -0.2) is 4.79 Å². The molecule has 1 fully saturated rings. The Labute approximate surface area is 115 Å². The number of carboxylic acid groups (broad SMARTS) is 1. The molecule has 0 radical (unpaired) electrons. The predicted molar refractivity (Wildman–Crippen MR) is 67.5 cm³/mol. The minimum Gasteiger partial charge on any atom is -0.480 e. The number of aliphatic carboxylic acids is 1. The number of piperazine rings is 1. The van der Waals surface area contributed by atoms with Crippen LogP contribution in [-0.2, 0) is 9.59 Å². The maximum Gasteiger partial charge on any atom is 0.328 e. The number of nitrogens with zero attached hydrogens (tertiary/aromatic N) is 1. The Bertz CT molecular complexity index is 516. The Hall–Kier alpha value is -1.41. The van der Waals surface area contributed by atoms with Crippen molar-refractivity contribution in [2.75, 3.05) is 13.1 Å². The zero-order chi connectivity index (χ0) is 13.3. The van der Waals surface area contributed by atoms with E-state index in [2.05, 4.69) is 21.2 Å². The van der Waals surface area contributed by atoms with Crippen molar-refractivity contribution in [3.8, 4) is 0 Å². The van der Waals surface area contributed by atoms with E-state index in [1.54, 1.807) is 11.4 Å². The van der Waals surface area contributed by atoms with Crippen molar-refractivity contribution < 1.29 is 19.5 Å². The lowest BCUT2D eigenvalue weighted by Gasteiger charge is -2.32. The van der Waals surface area contributed by atoms with Gasteiger partial charge in [0.15, 0.2) is 0 Å². The molecule has 0 spiro atoms. The van der Waals surface area contributed by atoms with Crippen molar-refractivity contribution in [3.05, 3.63) is 20.8 Å². The summed E-state index contributed by atoms with van der Waals surface area (Å²) in [7, 11) is 0. The molecule has 1 aromatic heterocycles. The average molecular weight is 333 g/mol. The molecule has 0 saturated carbocycles. The molecule has 2 rings (SSSR count). The summed E-state index contributed by atoms with van der Waals surface area (Å²) < 4.78 is 0.604. The lowest BCUT2D eigenvalue weighted by Crippen LogP contribution is -2.59. The third-order valence-electron chi connectivity index (χ3n) is 2.54. The zero-order valence-corrected chi connectivity index (χ0v) is 11.5. The molecule has 0 aromatic carbocycles. The van der Waals surface area contributed by atoms with Gasteiger partial charge in [0.1, 0.15) is 17.5 Å². The van der Waals surface area contributed by atoms with Crippen LogP contribution >= 0.6 is 27.3 Å². The highest BCUT2D eigenvalue weighted by Crippen LogP contribution is 2.25. The first kappa shape index (κ1) is 13.0. The van der Waals surface area contributed by atoms with Crippen LogP contribution in [-0.4, -0.2) is 46.9 Å². The first-order valence-electron chi connectivity index (χ1n) is 5.04. The fraction of sp³-hybridized carbons (Fsp3) is 0.300. The van der Waals surface area contributed by atoms with Crippen molar-refractivity contribution in [1.82, 2.24) is 10.2 Å². The van der Waals surface area contributed by atoms with Crippen LogP contribution in [0.4, 0.5) is 0 Å². The highest BCUT2D eigenvalue weighted by Gasteiger charge is 2.36. The second kappa shape index (κ2) is 5.07. The number of hydrogen-bond donors (Lipinski definition) is 2. The van der Waals surface area contributed by atoms with E-state index in [1.165, 1.54) is 11.3 Å². The summed E-state index contributed by atoms with van der Waals surface area (Å²) >= 11 is 4.42. The molecule has 2 N–H and O–H groups in total. The average Bonchev–Trinajstić information content (AvgIpc) is 2.74. The number of halogens is 1. The molecule has 1 aliphatic heterocycles. The molecule has 0 aliphatic carbocycles. The molecule has 1 unspecified atom stereocenters. The summed E-state index contributed by atoms with van der Waals surface area (Å²) in [5, 5.41) is 13.2. The number of carboxylic acids is 1. The second-order valence-corrected chi connectivity index (χ2v) is 5.46. The summed E-state index contributed by atoms with van der Waals surface area (Å²) in [6.07, 6.45) is 0. The Morgan fingerprint density at radius 2 is 2.28 bits per heavy atom. The van der Waals surface area contributed by atoms with E-state index in [1.807, 2.05) is 0 Å². The lowest BCUT2D eigenvalue weighted by molar-refractivity contribution is -0.144. The van der Waals surface area contributed by atoms with E-state index in [4.69, 9.17) is 5.11 Å². The van der Waals surface area contributed by atoms with Gasteiger partial charge < -0.3 is 15.3 Å². The van der Waals surface area contributed by atoms with Crippen molar-refractivity contribution in [2.24, 2.45) is 0 Å². The number of thiophene rings is 1.